The van der Waals surface area contributed by atoms with E-state index in [2.05, 4.69) is 18.7 Å². The summed E-state index contributed by atoms with van der Waals surface area (Å²) in [6.07, 6.45) is 2.17. The molecule has 1 amide bonds. The predicted molar refractivity (Wildman–Crippen MR) is 90.5 cm³/mol. The molecule has 1 aliphatic heterocycles. The van der Waals surface area contributed by atoms with E-state index in [0.717, 1.165) is 52.1 Å². The fraction of sp³-hybridized carbons (Fsp3) is 0.714. The summed E-state index contributed by atoms with van der Waals surface area (Å²) in [7, 11) is 0. The van der Waals surface area contributed by atoms with Gasteiger partial charge in [-0.25, -0.2) is 0 Å². The van der Waals surface area contributed by atoms with Gasteiger partial charge in [0, 0.05) is 26.2 Å². The van der Waals surface area contributed by atoms with Gasteiger partial charge in [-0.3, -0.25) is 4.79 Å². The fourth-order valence-corrected chi connectivity index (χ4v) is 3.97. The number of hydrogen-bond donors (Lipinski definition) is 1. The molecular weight excluding hydrogens is 304 g/mol. The van der Waals surface area contributed by atoms with Crippen LogP contribution >= 0.6 is 23.6 Å². The third-order valence-corrected chi connectivity index (χ3v) is 5.51. The summed E-state index contributed by atoms with van der Waals surface area (Å²) in [5.74, 6) is 0.580. The van der Waals surface area contributed by atoms with Crippen molar-refractivity contribution >= 4 is 35.3 Å². The number of hydrogen-bond acceptors (Lipinski definition) is 5. The van der Waals surface area contributed by atoms with Gasteiger partial charge in [0.2, 0.25) is 0 Å². The molecule has 2 rings (SSSR count). The zero-order valence-corrected chi connectivity index (χ0v) is 14.4. The summed E-state index contributed by atoms with van der Waals surface area (Å²) >= 11 is 6.74. The molecule has 2 N–H and O–H groups in total. The maximum absolute atomic E-state index is 12.5. The highest BCUT2D eigenvalue weighted by molar-refractivity contribution is 7.73. The summed E-state index contributed by atoms with van der Waals surface area (Å²) in [5.41, 5.74) is 6.18. The molecule has 1 aromatic heterocycles. The smallest absolute Gasteiger partial charge is 0.267 e. The highest BCUT2D eigenvalue weighted by Crippen LogP contribution is 2.25. The molecule has 0 atom stereocenters. The maximum Gasteiger partial charge on any atom is 0.267 e. The second kappa shape index (κ2) is 7.38. The van der Waals surface area contributed by atoms with Crippen LogP contribution in [0.5, 0.6) is 0 Å². The van der Waals surface area contributed by atoms with Gasteiger partial charge in [-0.2, -0.15) is 0 Å². The average Bonchev–Trinajstić information content (AvgIpc) is 3.10. The third-order valence-electron chi connectivity index (χ3n) is 4.05. The van der Waals surface area contributed by atoms with E-state index in [9.17, 15) is 4.79 Å². The molecule has 0 unspecified atom stereocenters. The van der Waals surface area contributed by atoms with Crippen LogP contribution in [0.15, 0.2) is 0 Å². The molecule has 0 spiro atoms. The molecule has 0 bridgehead atoms. The standard InChI is InChI=1S/C14H24N4OS2/c1-3-16(4-2)9-10-18-12(15)11(21-14(18)20)13(19)17-7-5-6-8-17/h3-10,15H2,1-2H3. The van der Waals surface area contributed by atoms with E-state index >= 15 is 0 Å². The minimum absolute atomic E-state index is 0.0442. The second-order valence-corrected chi connectivity index (χ2v) is 6.90. The lowest BCUT2D eigenvalue weighted by atomic mass is 10.4. The van der Waals surface area contributed by atoms with Crippen molar-refractivity contribution in [3.63, 3.8) is 0 Å². The Hall–Kier alpha value is -0.920. The number of nitrogens with zero attached hydrogens (tertiary/aromatic N) is 3. The molecule has 7 heteroatoms. The van der Waals surface area contributed by atoms with E-state index in [4.69, 9.17) is 18.0 Å². The van der Waals surface area contributed by atoms with E-state index in [-0.39, 0.29) is 5.91 Å². The minimum atomic E-state index is 0.0442. The summed E-state index contributed by atoms with van der Waals surface area (Å²) in [5, 5.41) is 0. The first-order chi connectivity index (χ1) is 10.1. The molecule has 1 aliphatic rings. The average molecular weight is 329 g/mol. The largest absolute Gasteiger partial charge is 0.384 e. The molecule has 1 aromatic rings. The molecule has 0 saturated carbocycles. The van der Waals surface area contributed by atoms with Crippen LogP contribution < -0.4 is 5.73 Å². The first-order valence-electron chi connectivity index (χ1n) is 7.59. The number of likely N-dealkylation sites (N-methyl/N-ethyl adjacent to an activating group) is 1. The lowest BCUT2D eigenvalue weighted by molar-refractivity contribution is 0.0798. The number of aromatic nitrogens is 1. The quantitative estimate of drug-likeness (QED) is 0.815. The van der Waals surface area contributed by atoms with Crippen molar-refractivity contribution in [2.45, 2.75) is 33.2 Å². The number of thiazole rings is 1. The first kappa shape index (κ1) is 16.5. The molecule has 0 radical (unpaired) electrons. The molecule has 0 aromatic carbocycles. The summed E-state index contributed by atoms with van der Waals surface area (Å²) in [6.45, 7) is 9.62. The number of nitrogen functional groups attached to an aromatic ring is 1. The van der Waals surface area contributed by atoms with Gasteiger partial charge in [0.1, 0.15) is 10.7 Å². The Labute approximate surface area is 135 Å². The Morgan fingerprint density at radius 3 is 2.52 bits per heavy atom. The molecule has 118 valence electrons. The number of rotatable bonds is 6. The van der Waals surface area contributed by atoms with E-state index in [1.807, 2.05) is 9.47 Å². The molecule has 2 heterocycles. The van der Waals surface area contributed by atoms with Crippen LogP contribution in [-0.4, -0.2) is 53.0 Å². The van der Waals surface area contributed by atoms with Gasteiger partial charge in [0.05, 0.1) is 0 Å². The maximum atomic E-state index is 12.5. The lowest BCUT2D eigenvalue weighted by Crippen LogP contribution is -2.29. The van der Waals surface area contributed by atoms with Crippen LogP contribution in [0.1, 0.15) is 36.4 Å². The zero-order valence-electron chi connectivity index (χ0n) is 12.8. The Kier molecular flexibility index (Phi) is 5.78. The first-order valence-corrected chi connectivity index (χ1v) is 8.81. The molecule has 1 fully saturated rings. The van der Waals surface area contributed by atoms with Gasteiger partial charge >= 0.3 is 0 Å². The van der Waals surface area contributed by atoms with Crippen molar-refractivity contribution in [2.24, 2.45) is 0 Å². The molecule has 5 nitrogen and oxygen atoms in total. The van der Waals surface area contributed by atoms with Gasteiger partial charge in [-0.1, -0.05) is 25.2 Å². The van der Waals surface area contributed by atoms with Crippen LogP contribution in [0.2, 0.25) is 0 Å². The van der Waals surface area contributed by atoms with Crippen molar-refractivity contribution in [2.75, 3.05) is 38.5 Å². The number of anilines is 1. The van der Waals surface area contributed by atoms with Crippen molar-refractivity contribution in [3.8, 4) is 0 Å². The minimum Gasteiger partial charge on any atom is -0.384 e. The fourth-order valence-electron chi connectivity index (χ4n) is 2.63. The Morgan fingerprint density at radius 2 is 1.95 bits per heavy atom. The van der Waals surface area contributed by atoms with Crippen molar-refractivity contribution in [1.82, 2.24) is 14.4 Å². The SMILES string of the molecule is CCN(CC)CCn1c(N)c(C(=O)N2CCCC2)sc1=S. The molecule has 21 heavy (non-hydrogen) atoms. The summed E-state index contributed by atoms with van der Waals surface area (Å²) < 4.78 is 2.60. The van der Waals surface area contributed by atoms with Crippen molar-refractivity contribution < 1.29 is 4.79 Å². The van der Waals surface area contributed by atoms with Gasteiger partial charge in [-0.05, 0) is 38.1 Å². The Bertz CT molecular complexity index is 542. The van der Waals surface area contributed by atoms with E-state index < -0.39 is 0 Å². The van der Waals surface area contributed by atoms with Crippen LogP contribution in [0.3, 0.4) is 0 Å². The van der Waals surface area contributed by atoms with Crippen LogP contribution in [0.25, 0.3) is 0 Å². The van der Waals surface area contributed by atoms with Gasteiger partial charge < -0.3 is 20.1 Å². The molecule has 0 aliphatic carbocycles. The number of amides is 1. The summed E-state index contributed by atoms with van der Waals surface area (Å²) in [4.78, 5) is 17.3. The zero-order chi connectivity index (χ0) is 15.4. The van der Waals surface area contributed by atoms with Crippen molar-refractivity contribution in [1.29, 1.82) is 0 Å². The van der Waals surface area contributed by atoms with Gasteiger partial charge in [0.15, 0.2) is 3.95 Å². The second-order valence-electron chi connectivity index (χ2n) is 5.26. The predicted octanol–water partition coefficient (Wildman–Crippen LogP) is 2.44. The van der Waals surface area contributed by atoms with Crippen LogP contribution in [0, 0.1) is 3.95 Å². The highest BCUT2D eigenvalue weighted by atomic mass is 32.1. The number of nitrogens with two attached hydrogens (primary N) is 1. The van der Waals surface area contributed by atoms with E-state index in [0.29, 0.717) is 14.6 Å². The molecule has 1 saturated heterocycles. The van der Waals surface area contributed by atoms with Gasteiger partial charge in [-0.15, -0.1) is 0 Å². The number of likely N-dealkylation sites (tertiary alicyclic amines) is 1. The highest BCUT2D eigenvalue weighted by Gasteiger charge is 2.24. The number of carbonyl (C=O) groups is 1. The number of carbonyl (C=O) groups excluding carboxylic acids is 1. The Balaban J connectivity index is 2.13. The Morgan fingerprint density at radius 1 is 1.33 bits per heavy atom. The van der Waals surface area contributed by atoms with Crippen LogP contribution in [-0.2, 0) is 6.54 Å². The normalized spacial score (nSPS) is 15.1. The topological polar surface area (TPSA) is 54.5 Å². The van der Waals surface area contributed by atoms with Crippen LogP contribution in [0.4, 0.5) is 5.82 Å². The summed E-state index contributed by atoms with van der Waals surface area (Å²) in [6, 6.07) is 0. The van der Waals surface area contributed by atoms with E-state index in [1.54, 1.807) is 0 Å². The monoisotopic (exact) mass is 328 g/mol. The third kappa shape index (κ3) is 3.64. The van der Waals surface area contributed by atoms with Gasteiger partial charge in [0.25, 0.3) is 5.91 Å². The van der Waals surface area contributed by atoms with E-state index in [1.165, 1.54) is 11.3 Å². The molecular formula is C14H24N4OS2. The van der Waals surface area contributed by atoms with Crippen molar-refractivity contribution in [3.05, 3.63) is 8.83 Å². The lowest BCUT2D eigenvalue weighted by Gasteiger charge is -2.18.